The van der Waals surface area contributed by atoms with E-state index in [9.17, 15) is 4.79 Å². The molecule has 3 rings (SSSR count). The molecule has 1 aromatic heterocycles. The van der Waals surface area contributed by atoms with Gasteiger partial charge in [0.2, 0.25) is 0 Å². The highest BCUT2D eigenvalue weighted by molar-refractivity contribution is 7.98. The molecule has 0 spiro atoms. The Balaban J connectivity index is 1.70. The van der Waals surface area contributed by atoms with Gasteiger partial charge in [0.15, 0.2) is 0 Å². The fourth-order valence-electron chi connectivity index (χ4n) is 2.69. The molecule has 0 aliphatic heterocycles. The van der Waals surface area contributed by atoms with E-state index in [1.165, 1.54) is 16.4 Å². The number of aromatic nitrogens is 2. The van der Waals surface area contributed by atoms with E-state index < -0.39 is 5.54 Å². The molecule has 0 N–H and O–H groups in total. The summed E-state index contributed by atoms with van der Waals surface area (Å²) in [6, 6.07) is 18.0. The van der Waals surface area contributed by atoms with Crippen LogP contribution in [0.5, 0.6) is 0 Å². The molecule has 0 aliphatic rings. The van der Waals surface area contributed by atoms with Crippen LogP contribution in [0.4, 0.5) is 0 Å². The summed E-state index contributed by atoms with van der Waals surface area (Å²) in [6.07, 6.45) is 3.61. The maximum absolute atomic E-state index is 12.4. The van der Waals surface area contributed by atoms with Crippen LogP contribution in [-0.4, -0.2) is 9.78 Å². The molecule has 0 aliphatic carbocycles. The lowest BCUT2D eigenvalue weighted by Crippen LogP contribution is -2.36. The van der Waals surface area contributed by atoms with Crippen molar-refractivity contribution in [3.05, 3.63) is 92.9 Å². The smallest absolute Gasteiger partial charge is 0.266 e. The second-order valence-corrected chi connectivity index (χ2v) is 9.40. The number of hydrogen-bond acceptors (Lipinski definition) is 3. The normalized spacial score (nSPS) is 12.2. The maximum atomic E-state index is 12.4. The van der Waals surface area contributed by atoms with Gasteiger partial charge < -0.3 is 0 Å². The highest BCUT2D eigenvalue weighted by Gasteiger charge is 2.19. The molecular weight excluding hydrogens is 423 g/mol. The molecule has 0 atom stereocenters. The molecule has 0 amide bonds. The summed E-state index contributed by atoms with van der Waals surface area (Å²) in [4.78, 5) is 13.1. The van der Waals surface area contributed by atoms with Gasteiger partial charge in [0.25, 0.3) is 5.56 Å². The van der Waals surface area contributed by atoms with E-state index in [0.29, 0.717) is 15.7 Å². The summed E-state index contributed by atoms with van der Waals surface area (Å²) in [7, 11) is 0. The van der Waals surface area contributed by atoms with Crippen molar-refractivity contribution in [3.63, 3.8) is 0 Å². The van der Waals surface area contributed by atoms with Crippen LogP contribution in [0.15, 0.2) is 70.5 Å². The fraction of sp³-hybridized carbons (Fsp3) is 0.217. The lowest BCUT2D eigenvalue weighted by Gasteiger charge is -2.21. The van der Waals surface area contributed by atoms with E-state index in [1.807, 2.05) is 81.4 Å². The van der Waals surface area contributed by atoms with Crippen molar-refractivity contribution in [1.29, 1.82) is 0 Å². The number of hydrogen-bond donors (Lipinski definition) is 0. The maximum Gasteiger partial charge on any atom is 0.287 e. The summed E-state index contributed by atoms with van der Waals surface area (Å²) in [5, 5.41) is 5.19. The average molecular weight is 445 g/mol. The van der Waals surface area contributed by atoms with Crippen LogP contribution in [0.3, 0.4) is 0 Å². The zero-order valence-electron chi connectivity index (χ0n) is 16.5. The van der Waals surface area contributed by atoms with Gasteiger partial charge in [-0.3, -0.25) is 4.79 Å². The summed E-state index contributed by atoms with van der Waals surface area (Å²) in [6.45, 7) is 5.76. The van der Waals surface area contributed by atoms with Gasteiger partial charge in [0.1, 0.15) is 5.02 Å². The topological polar surface area (TPSA) is 34.9 Å². The molecule has 0 saturated carbocycles. The molecule has 3 aromatic rings. The third kappa shape index (κ3) is 5.53. The number of benzene rings is 2. The second-order valence-electron chi connectivity index (χ2n) is 7.60. The second kappa shape index (κ2) is 9.21. The molecule has 0 unspecified atom stereocenters. The Morgan fingerprint density at radius 1 is 1.10 bits per heavy atom. The Hall–Kier alpha value is -2.01. The lowest BCUT2D eigenvalue weighted by atomic mass is 10.1. The van der Waals surface area contributed by atoms with E-state index >= 15 is 0 Å². The van der Waals surface area contributed by atoms with E-state index in [-0.39, 0.29) is 10.6 Å². The van der Waals surface area contributed by atoms with Gasteiger partial charge in [-0.25, -0.2) is 4.68 Å². The SMILES string of the molecule is CC(C)(C)n1ncc(SCc2ccc(C=C(Cl)c3ccccc3)cc2)c(Cl)c1=O. The van der Waals surface area contributed by atoms with Gasteiger partial charge in [0, 0.05) is 10.8 Å². The van der Waals surface area contributed by atoms with Crippen molar-refractivity contribution in [2.24, 2.45) is 0 Å². The highest BCUT2D eigenvalue weighted by atomic mass is 35.5. The van der Waals surface area contributed by atoms with Crippen LogP contribution in [0.25, 0.3) is 11.1 Å². The van der Waals surface area contributed by atoms with Crippen LogP contribution < -0.4 is 5.56 Å². The molecule has 29 heavy (non-hydrogen) atoms. The van der Waals surface area contributed by atoms with Crippen molar-refractivity contribution < 1.29 is 0 Å². The highest BCUT2D eigenvalue weighted by Crippen LogP contribution is 2.28. The first-order valence-corrected chi connectivity index (χ1v) is 10.9. The molecule has 0 bridgehead atoms. The minimum atomic E-state index is -0.408. The molecule has 0 saturated heterocycles. The monoisotopic (exact) mass is 444 g/mol. The van der Waals surface area contributed by atoms with Crippen molar-refractivity contribution in [3.8, 4) is 0 Å². The van der Waals surface area contributed by atoms with Crippen LogP contribution in [0, 0.1) is 0 Å². The Morgan fingerprint density at radius 2 is 1.76 bits per heavy atom. The average Bonchev–Trinajstić information content (AvgIpc) is 2.70. The first-order chi connectivity index (χ1) is 13.8. The number of thioether (sulfide) groups is 1. The van der Waals surface area contributed by atoms with Gasteiger partial charge in [-0.15, -0.1) is 11.8 Å². The van der Waals surface area contributed by atoms with Gasteiger partial charge >= 0.3 is 0 Å². The molecule has 6 heteroatoms. The quantitative estimate of drug-likeness (QED) is 0.325. The predicted molar refractivity (Wildman–Crippen MR) is 125 cm³/mol. The zero-order chi connectivity index (χ0) is 21.0. The van der Waals surface area contributed by atoms with Crippen molar-refractivity contribution in [2.75, 3.05) is 0 Å². The summed E-state index contributed by atoms with van der Waals surface area (Å²) in [5.41, 5.74) is 2.47. The molecule has 0 radical (unpaired) electrons. The lowest BCUT2D eigenvalue weighted by molar-refractivity contribution is 0.336. The van der Waals surface area contributed by atoms with Crippen molar-refractivity contribution in [2.45, 2.75) is 37.0 Å². The van der Waals surface area contributed by atoms with Crippen LogP contribution in [0.2, 0.25) is 5.02 Å². The minimum Gasteiger partial charge on any atom is -0.266 e. The van der Waals surface area contributed by atoms with Crippen LogP contribution >= 0.6 is 35.0 Å². The Kier molecular flexibility index (Phi) is 6.89. The fourth-order valence-corrected chi connectivity index (χ4v) is 4.09. The van der Waals surface area contributed by atoms with Gasteiger partial charge in [-0.1, -0.05) is 77.8 Å². The Labute approximate surface area is 185 Å². The summed E-state index contributed by atoms with van der Waals surface area (Å²) in [5.74, 6) is 0.691. The first kappa shape index (κ1) is 21.7. The first-order valence-electron chi connectivity index (χ1n) is 9.18. The molecular formula is C23H22Cl2N2OS. The predicted octanol–water partition coefficient (Wildman–Crippen LogP) is 6.68. The number of nitrogens with zero attached hydrogens (tertiary/aromatic N) is 2. The molecule has 3 nitrogen and oxygen atoms in total. The van der Waals surface area contributed by atoms with Gasteiger partial charge in [0.05, 0.1) is 16.6 Å². The van der Waals surface area contributed by atoms with Gasteiger partial charge in [-0.2, -0.15) is 5.10 Å². The van der Waals surface area contributed by atoms with E-state index in [2.05, 4.69) is 5.10 Å². The van der Waals surface area contributed by atoms with Crippen molar-refractivity contribution >= 4 is 46.1 Å². The largest absolute Gasteiger partial charge is 0.287 e. The number of halogens is 2. The Morgan fingerprint density at radius 3 is 2.38 bits per heavy atom. The Bertz CT molecular complexity index is 1070. The van der Waals surface area contributed by atoms with Crippen LogP contribution in [-0.2, 0) is 11.3 Å². The van der Waals surface area contributed by atoms with E-state index in [4.69, 9.17) is 23.2 Å². The molecule has 1 heterocycles. The summed E-state index contributed by atoms with van der Waals surface area (Å²) >= 11 is 14.2. The standard InChI is InChI=1S/C23H22Cl2N2OS/c1-23(2,3)27-22(28)21(25)20(14-26-27)29-15-17-11-9-16(10-12-17)13-19(24)18-7-5-4-6-8-18/h4-14H,15H2,1-3H3. The zero-order valence-corrected chi connectivity index (χ0v) is 18.9. The van der Waals surface area contributed by atoms with Crippen LogP contribution in [0.1, 0.15) is 37.5 Å². The number of rotatable bonds is 5. The molecule has 2 aromatic carbocycles. The third-order valence-corrected chi connectivity index (χ3v) is 6.14. The molecule has 0 fully saturated rings. The van der Waals surface area contributed by atoms with Gasteiger partial charge in [-0.05, 0) is 43.5 Å². The molecule has 150 valence electrons. The van der Waals surface area contributed by atoms with E-state index in [1.54, 1.807) is 6.20 Å². The third-order valence-electron chi connectivity index (χ3n) is 4.24. The summed E-state index contributed by atoms with van der Waals surface area (Å²) < 4.78 is 1.41. The van der Waals surface area contributed by atoms with E-state index in [0.717, 1.165) is 16.7 Å². The minimum absolute atomic E-state index is 0.217. The van der Waals surface area contributed by atoms with Crippen molar-refractivity contribution in [1.82, 2.24) is 9.78 Å².